The van der Waals surface area contributed by atoms with Gasteiger partial charge in [0.2, 0.25) is 0 Å². The van der Waals surface area contributed by atoms with Gasteiger partial charge in [-0.25, -0.2) is 0 Å². The number of pyridine rings is 1. The van der Waals surface area contributed by atoms with E-state index in [1.807, 2.05) is 38.2 Å². The number of aromatic nitrogens is 1. The van der Waals surface area contributed by atoms with E-state index in [4.69, 9.17) is 4.74 Å². The predicted molar refractivity (Wildman–Crippen MR) is 55.9 cm³/mol. The second-order valence-electron chi connectivity index (χ2n) is 2.61. The zero-order valence-electron chi connectivity index (χ0n) is 8.95. The van der Waals surface area contributed by atoms with Gasteiger partial charge in [0.1, 0.15) is 0 Å². The molecule has 1 rings (SSSR count). The molecule has 2 nitrogen and oxygen atoms in total. The minimum absolute atomic E-state index is 0.390. The lowest BCUT2D eigenvalue weighted by atomic mass is 10.1. The van der Waals surface area contributed by atoms with Gasteiger partial charge in [0.25, 0.3) is 0 Å². The molecule has 1 atom stereocenters. The molecular weight excluding hydrogens is 162 g/mol. The summed E-state index contributed by atoms with van der Waals surface area (Å²) in [5.41, 5.74) is 1.09. The van der Waals surface area contributed by atoms with Gasteiger partial charge < -0.3 is 4.74 Å². The molecule has 0 amide bonds. The number of hydrogen-bond donors (Lipinski definition) is 0. The molecule has 0 radical (unpaired) electrons. The maximum atomic E-state index is 5.02. The summed E-state index contributed by atoms with van der Waals surface area (Å²) in [7, 11) is 1.71. The first-order valence-corrected chi connectivity index (χ1v) is 4.74. The Morgan fingerprint density at radius 1 is 1.38 bits per heavy atom. The summed E-state index contributed by atoms with van der Waals surface area (Å²) < 4.78 is 5.02. The topological polar surface area (TPSA) is 22.1 Å². The zero-order valence-corrected chi connectivity index (χ0v) is 8.95. The van der Waals surface area contributed by atoms with Crippen LogP contribution in [0.25, 0.3) is 0 Å². The molecule has 0 saturated carbocycles. The van der Waals surface area contributed by atoms with Crippen LogP contribution in [0.1, 0.15) is 32.4 Å². The van der Waals surface area contributed by atoms with Gasteiger partial charge in [-0.2, -0.15) is 0 Å². The normalized spacial score (nSPS) is 11.4. The van der Waals surface area contributed by atoms with E-state index >= 15 is 0 Å². The van der Waals surface area contributed by atoms with E-state index in [-0.39, 0.29) is 0 Å². The van der Waals surface area contributed by atoms with E-state index < -0.39 is 0 Å². The molecule has 2 heteroatoms. The fourth-order valence-corrected chi connectivity index (χ4v) is 1.00. The van der Waals surface area contributed by atoms with Crippen LogP contribution in [0.3, 0.4) is 0 Å². The van der Waals surface area contributed by atoms with E-state index in [1.54, 1.807) is 7.11 Å². The van der Waals surface area contributed by atoms with Crippen molar-refractivity contribution in [1.29, 1.82) is 0 Å². The molecule has 1 heterocycles. The van der Waals surface area contributed by atoms with Crippen molar-refractivity contribution in [2.24, 2.45) is 0 Å². The summed E-state index contributed by atoms with van der Waals surface area (Å²) in [5.74, 6) is 0.390. The largest absolute Gasteiger partial charge is 0.384 e. The molecule has 0 fully saturated rings. The van der Waals surface area contributed by atoms with Crippen LogP contribution in [0.2, 0.25) is 0 Å². The molecule has 13 heavy (non-hydrogen) atoms. The Morgan fingerprint density at radius 2 is 2.08 bits per heavy atom. The van der Waals surface area contributed by atoms with Crippen LogP contribution >= 0.6 is 0 Å². The molecule has 0 aliphatic rings. The fourth-order valence-electron chi connectivity index (χ4n) is 1.00. The Kier molecular flexibility index (Phi) is 7.21. The maximum absolute atomic E-state index is 5.02. The third-order valence-electron chi connectivity index (χ3n) is 1.61. The molecule has 1 aromatic heterocycles. The predicted octanol–water partition coefficient (Wildman–Crippen LogP) is 2.86. The first-order chi connectivity index (χ1) is 6.34. The van der Waals surface area contributed by atoms with Crippen molar-refractivity contribution < 1.29 is 4.74 Å². The Bertz CT molecular complexity index is 199. The van der Waals surface area contributed by atoms with Crippen LogP contribution in [0, 0.1) is 0 Å². The highest BCUT2D eigenvalue weighted by Gasteiger charge is 2.03. The number of ether oxygens (including phenoxy) is 1. The van der Waals surface area contributed by atoms with Crippen LogP contribution in [0.15, 0.2) is 24.4 Å². The van der Waals surface area contributed by atoms with Crippen molar-refractivity contribution in [2.75, 3.05) is 13.7 Å². The summed E-state index contributed by atoms with van der Waals surface area (Å²) in [6.07, 6.45) is 1.81. The van der Waals surface area contributed by atoms with E-state index in [0.717, 1.165) is 12.3 Å². The van der Waals surface area contributed by atoms with Gasteiger partial charge in [0.05, 0.1) is 6.61 Å². The van der Waals surface area contributed by atoms with Gasteiger partial charge >= 0.3 is 0 Å². The average Bonchev–Trinajstić information content (AvgIpc) is 2.23. The SMILES string of the molecule is CC.COCC(C)c1ccccn1. The number of hydrogen-bond acceptors (Lipinski definition) is 2. The smallest absolute Gasteiger partial charge is 0.0543 e. The molecule has 1 aromatic rings. The van der Waals surface area contributed by atoms with Crippen molar-refractivity contribution in [3.05, 3.63) is 30.1 Å². The highest BCUT2D eigenvalue weighted by molar-refractivity contribution is 5.08. The molecule has 0 aliphatic carbocycles. The minimum atomic E-state index is 0.390. The molecule has 0 N–H and O–H groups in total. The Hall–Kier alpha value is -0.890. The van der Waals surface area contributed by atoms with Crippen LogP contribution < -0.4 is 0 Å². The number of methoxy groups -OCH3 is 1. The first-order valence-electron chi connectivity index (χ1n) is 4.74. The van der Waals surface area contributed by atoms with E-state index in [2.05, 4.69) is 11.9 Å². The summed E-state index contributed by atoms with van der Waals surface area (Å²) in [4.78, 5) is 4.22. The molecular formula is C11H19NO. The monoisotopic (exact) mass is 181 g/mol. The van der Waals surface area contributed by atoms with Crippen molar-refractivity contribution >= 4 is 0 Å². The quantitative estimate of drug-likeness (QED) is 0.715. The summed E-state index contributed by atoms with van der Waals surface area (Å²) in [6.45, 7) is 6.84. The third-order valence-corrected chi connectivity index (χ3v) is 1.61. The second-order valence-corrected chi connectivity index (χ2v) is 2.61. The molecule has 1 unspecified atom stereocenters. The van der Waals surface area contributed by atoms with Gasteiger partial charge in [-0.1, -0.05) is 26.8 Å². The van der Waals surface area contributed by atoms with Crippen molar-refractivity contribution in [3.8, 4) is 0 Å². The van der Waals surface area contributed by atoms with Crippen LogP contribution in [0.5, 0.6) is 0 Å². The summed E-state index contributed by atoms with van der Waals surface area (Å²) in [5, 5.41) is 0. The van der Waals surface area contributed by atoms with Gasteiger partial charge in [-0.05, 0) is 12.1 Å². The summed E-state index contributed by atoms with van der Waals surface area (Å²) in [6, 6.07) is 5.93. The highest BCUT2D eigenvalue weighted by atomic mass is 16.5. The van der Waals surface area contributed by atoms with Gasteiger partial charge in [0, 0.05) is 24.9 Å². The van der Waals surface area contributed by atoms with Crippen molar-refractivity contribution in [1.82, 2.24) is 4.98 Å². The van der Waals surface area contributed by atoms with E-state index in [0.29, 0.717) is 5.92 Å². The lowest BCUT2D eigenvalue weighted by Gasteiger charge is -2.07. The van der Waals surface area contributed by atoms with E-state index in [9.17, 15) is 0 Å². The number of nitrogens with zero attached hydrogens (tertiary/aromatic N) is 1. The van der Waals surface area contributed by atoms with Crippen molar-refractivity contribution in [3.63, 3.8) is 0 Å². The Balaban J connectivity index is 0.000000671. The van der Waals surface area contributed by atoms with Gasteiger partial charge in [-0.3, -0.25) is 4.98 Å². The lowest BCUT2D eigenvalue weighted by Crippen LogP contribution is -2.03. The summed E-state index contributed by atoms with van der Waals surface area (Å²) >= 11 is 0. The van der Waals surface area contributed by atoms with E-state index in [1.165, 1.54) is 0 Å². The Morgan fingerprint density at radius 3 is 2.54 bits per heavy atom. The van der Waals surface area contributed by atoms with Gasteiger partial charge in [-0.15, -0.1) is 0 Å². The fraction of sp³-hybridized carbons (Fsp3) is 0.545. The third kappa shape index (κ3) is 4.63. The Labute approximate surface area is 81.0 Å². The van der Waals surface area contributed by atoms with Crippen LogP contribution in [0.4, 0.5) is 0 Å². The minimum Gasteiger partial charge on any atom is -0.384 e. The van der Waals surface area contributed by atoms with Crippen molar-refractivity contribution in [2.45, 2.75) is 26.7 Å². The standard InChI is InChI=1S/C9H13NO.C2H6/c1-8(7-11-2)9-5-3-4-6-10-9;1-2/h3-6,8H,7H2,1-2H3;1-2H3. The maximum Gasteiger partial charge on any atom is 0.0543 e. The molecule has 0 spiro atoms. The average molecular weight is 181 g/mol. The second kappa shape index (κ2) is 7.74. The zero-order chi connectivity index (χ0) is 10.1. The van der Waals surface area contributed by atoms with Gasteiger partial charge in [0.15, 0.2) is 0 Å². The molecule has 74 valence electrons. The van der Waals surface area contributed by atoms with Crippen LogP contribution in [-0.4, -0.2) is 18.7 Å². The molecule has 0 aromatic carbocycles. The molecule has 0 aliphatic heterocycles. The number of rotatable bonds is 3. The molecule has 0 saturated heterocycles. The lowest BCUT2D eigenvalue weighted by molar-refractivity contribution is 0.183. The highest BCUT2D eigenvalue weighted by Crippen LogP contribution is 2.10. The molecule has 0 bridgehead atoms. The first kappa shape index (κ1) is 12.1. The van der Waals surface area contributed by atoms with Crippen LogP contribution in [-0.2, 0) is 4.74 Å².